The monoisotopic (exact) mass is 427 g/mol. The minimum Gasteiger partial charge on any atom is -0.497 e. The van der Waals surface area contributed by atoms with E-state index in [1.165, 1.54) is 18.9 Å². The molecule has 30 heavy (non-hydrogen) atoms. The molecule has 1 aliphatic heterocycles. The molecule has 0 saturated carbocycles. The first-order chi connectivity index (χ1) is 14.5. The van der Waals surface area contributed by atoms with Gasteiger partial charge in [-0.25, -0.2) is 4.68 Å². The minimum atomic E-state index is -0.815. The van der Waals surface area contributed by atoms with E-state index in [1.807, 2.05) is 0 Å². The summed E-state index contributed by atoms with van der Waals surface area (Å²) in [7, 11) is 3.03. The van der Waals surface area contributed by atoms with Crippen molar-refractivity contribution in [3.8, 4) is 22.9 Å². The van der Waals surface area contributed by atoms with Crippen molar-refractivity contribution in [3.63, 3.8) is 0 Å². The summed E-state index contributed by atoms with van der Waals surface area (Å²) < 4.78 is 11.9. The second-order valence-corrected chi connectivity index (χ2v) is 6.97. The number of hydrogen-bond acceptors (Lipinski definition) is 6. The third-order valence-corrected chi connectivity index (χ3v) is 4.88. The molecule has 0 aliphatic carbocycles. The first kappa shape index (κ1) is 19.7. The Balaban J connectivity index is 1.53. The summed E-state index contributed by atoms with van der Waals surface area (Å²) in [5.41, 5.74) is 1.20. The van der Waals surface area contributed by atoms with Gasteiger partial charge in [0, 0.05) is 16.7 Å². The van der Waals surface area contributed by atoms with Gasteiger partial charge in [0.2, 0.25) is 11.9 Å². The number of anilines is 2. The van der Waals surface area contributed by atoms with Gasteiger partial charge in [0.15, 0.2) is 5.82 Å². The number of nitrogens with one attached hydrogen (secondary N) is 2. The highest BCUT2D eigenvalue weighted by molar-refractivity contribution is 6.30. The van der Waals surface area contributed by atoms with Crippen LogP contribution in [-0.2, 0) is 9.59 Å². The van der Waals surface area contributed by atoms with Crippen molar-refractivity contribution < 1.29 is 19.1 Å². The van der Waals surface area contributed by atoms with Crippen molar-refractivity contribution in [3.05, 3.63) is 47.5 Å². The predicted octanol–water partition coefficient (Wildman–Crippen LogP) is 3.14. The largest absolute Gasteiger partial charge is 0.497 e. The number of fused-ring (bicyclic) bond motifs is 1. The molecule has 4 rings (SSSR count). The van der Waals surface area contributed by atoms with Gasteiger partial charge in [-0.1, -0.05) is 11.6 Å². The lowest BCUT2D eigenvalue weighted by Crippen LogP contribution is -2.24. The third kappa shape index (κ3) is 3.79. The molecule has 0 saturated heterocycles. The van der Waals surface area contributed by atoms with Gasteiger partial charge in [0.1, 0.15) is 17.5 Å². The molecule has 1 atom stereocenters. The summed E-state index contributed by atoms with van der Waals surface area (Å²) >= 11 is 5.92. The average molecular weight is 428 g/mol. The number of aromatic nitrogens is 3. The fourth-order valence-electron chi connectivity index (χ4n) is 3.12. The van der Waals surface area contributed by atoms with E-state index in [4.69, 9.17) is 21.1 Å². The number of nitrogens with zero attached hydrogens (tertiary/aromatic N) is 3. The van der Waals surface area contributed by atoms with Gasteiger partial charge >= 0.3 is 0 Å². The summed E-state index contributed by atoms with van der Waals surface area (Å²) in [6.45, 7) is 0. The Morgan fingerprint density at radius 1 is 1.20 bits per heavy atom. The van der Waals surface area contributed by atoms with E-state index >= 15 is 0 Å². The van der Waals surface area contributed by atoms with E-state index in [2.05, 4.69) is 20.7 Å². The molecule has 154 valence electrons. The van der Waals surface area contributed by atoms with Gasteiger partial charge < -0.3 is 14.8 Å². The lowest BCUT2D eigenvalue weighted by molar-refractivity contribution is -0.123. The Morgan fingerprint density at radius 3 is 2.67 bits per heavy atom. The smallest absolute Gasteiger partial charge is 0.252 e. The number of rotatable bonds is 6. The number of ether oxygens (including phenoxy) is 2. The Hall–Kier alpha value is -3.59. The topological polar surface area (TPSA) is 107 Å². The van der Waals surface area contributed by atoms with E-state index < -0.39 is 6.04 Å². The van der Waals surface area contributed by atoms with Crippen LogP contribution in [0.1, 0.15) is 12.5 Å². The summed E-state index contributed by atoms with van der Waals surface area (Å²) in [6, 6.07) is 11.3. The normalized spacial score (nSPS) is 14.8. The maximum atomic E-state index is 12.6. The van der Waals surface area contributed by atoms with Gasteiger partial charge in [-0.3, -0.25) is 14.9 Å². The number of halogens is 1. The van der Waals surface area contributed by atoms with Crippen molar-refractivity contribution in [2.75, 3.05) is 24.9 Å². The summed E-state index contributed by atoms with van der Waals surface area (Å²) in [5.74, 6) is 1.05. The van der Waals surface area contributed by atoms with Crippen LogP contribution in [0.25, 0.3) is 11.4 Å². The molecule has 0 fully saturated rings. The first-order valence-electron chi connectivity index (χ1n) is 9.03. The van der Waals surface area contributed by atoms with Crippen LogP contribution in [0.5, 0.6) is 11.5 Å². The second kappa shape index (κ2) is 8.03. The van der Waals surface area contributed by atoms with Crippen LogP contribution < -0.4 is 20.1 Å². The zero-order chi connectivity index (χ0) is 21.3. The van der Waals surface area contributed by atoms with Crippen LogP contribution in [-0.4, -0.2) is 40.8 Å². The van der Waals surface area contributed by atoms with E-state index in [9.17, 15) is 9.59 Å². The van der Waals surface area contributed by atoms with Gasteiger partial charge in [0.05, 0.1) is 26.3 Å². The van der Waals surface area contributed by atoms with Crippen molar-refractivity contribution >= 4 is 35.1 Å². The zero-order valence-electron chi connectivity index (χ0n) is 16.2. The Bertz CT molecular complexity index is 1110. The summed E-state index contributed by atoms with van der Waals surface area (Å²) in [5, 5.41) is 10.4. The fraction of sp³-hybridized carbons (Fsp3) is 0.200. The number of carbonyl (C=O) groups excluding carboxylic acids is 2. The third-order valence-electron chi connectivity index (χ3n) is 4.63. The standard InChI is InChI=1S/C20H18ClN5O4/c1-29-13-7-8-16(30-2)14(9-13)22-17(27)10-15-19(28)24-20-23-18(25-26(15)20)11-3-5-12(21)6-4-11/h3-9,15H,10H2,1-2H3,(H,22,27)(H,23,24,25,28). The molecule has 2 N–H and O–H groups in total. The molecule has 9 nitrogen and oxygen atoms in total. The van der Waals surface area contributed by atoms with Gasteiger partial charge in [-0.05, 0) is 36.4 Å². The van der Waals surface area contributed by atoms with E-state index in [0.29, 0.717) is 34.0 Å². The number of hydrogen-bond donors (Lipinski definition) is 2. The fourth-order valence-corrected chi connectivity index (χ4v) is 3.25. The van der Waals surface area contributed by atoms with Crippen LogP contribution in [0, 0.1) is 0 Å². The zero-order valence-corrected chi connectivity index (χ0v) is 16.9. The van der Waals surface area contributed by atoms with Crippen LogP contribution in [0.4, 0.5) is 11.6 Å². The number of amides is 2. The van der Waals surface area contributed by atoms with Gasteiger partial charge in [-0.2, -0.15) is 4.98 Å². The molecule has 0 spiro atoms. The Kier molecular flexibility index (Phi) is 5.28. The second-order valence-electron chi connectivity index (χ2n) is 6.53. The van der Waals surface area contributed by atoms with Crippen LogP contribution >= 0.6 is 11.6 Å². The molecule has 2 heterocycles. The molecule has 2 aromatic carbocycles. The molecule has 3 aromatic rings. The number of methoxy groups -OCH3 is 2. The molecule has 2 amide bonds. The van der Waals surface area contributed by atoms with Crippen LogP contribution in [0.15, 0.2) is 42.5 Å². The van der Waals surface area contributed by atoms with Crippen LogP contribution in [0.3, 0.4) is 0 Å². The molecular weight excluding hydrogens is 410 g/mol. The highest BCUT2D eigenvalue weighted by Crippen LogP contribution is 2.31. The summed E-state index contributed by atoms with van der Waals surface area (Å²) in [6.07, 6.45) is -0.122. The highest BCUT2D eigenvalue weighted by Gasteiger charge is 2.35. The average Bonchev–Trinajstić information content (AvgIpc) is 3.27. The van der Waals surface area contributed by atoms with Crippen LogP contribution in [0.2, 0.25) is 5.02 Å². The molecular formula is C20H18ClN5O4. The maximum Gasteiger partial charge on any atom is 0.252 e. The highest BCUT2D eigenvalue weighted by atomic mass is 35.5. The van der Waals surface area contributed by atoms with Crippen molar-refractivity contribution in [1.82, 2.24) is 14.8 Å². The molecule has 0 bridgehead atoms. The number of carbonyl (C=O) groups is 2. The quantitative estimate of drug-likeness (QED) is 0.625. The van der Waals surface area contributed by atoms with E-state index in [0.717, 1.165) is 5.56 Å². The summed E-state index contributed by atoms with van der Waals surface area (Å²) in [4.78, 5) is 29.3. The molecule has 1 aromatic heterocycles. The van der Waals surface area contributed by atoms with Crippen molar-refractivity contribution in [1.29, 1.82) is 0 Å². The molecule has 1 unspecified atom stereocenters. The minimum absolute atomic E-state index is 0.122. The number of benzene rings is 2. The van der Waals surface area contributed by atoms with Gasteiger partial charge in [0.25, 0.3) is 5.91 Å². The van der Waals surface area contributed by atoms with Crippen molar-refractivity contribution in [2.45, 2.75) is 12.5 Å². The molecule has 0 radical (unpaired) electrons. The predicted molar refractivity (Wildman–Crippen MR) is 111 cm³/mol. The maximum absolute atomic E-state index is 12.6. The molecule has 10 heteroatoms. The van der Waals surface area contributed by atoms with Gasteiger partial charge in [-0.15, -0.1) is 5.10 Å². The van der Waals surface area contributed by atoms with Crippen molar-refractivity contribution in [2.24, 2.45) is 0 Å². The lowest BCUT2D eigenvalue weighted by Gasteiger charge is -2.13. The Morgan fingerprint density at radius 2 is 1.97 bits per heavy atom. The first-order valence-corrected chi connectivity index (χ1v) is 9.41. The SMILES string of the molecule is COc1ccc(OC)c(NC(=O)CC2C(=O)Nc3nc(-c4ccc(Cl)cc4)nn32)c1. The Labute approximate surface area is 177 Å². The van der Waals surface area contributed by atoms with E-state index in [-0.39, 0.29) is 18.2 Å². The molecule has 1 aliphatic rings. The lowest BCUT2D eigenvalue weighted by atomic mass is 10.2. The van der Waals surface area contributed by atoms with E-state index in [1.54, 1.807) is 42.5 Å².